The molecule has 0 bridgehead atoms. The Labute approximate surface area is 120 Å². The van der Waals surface area contributed by atoms with Crippen molar-refractivity contribution in [3.8, 4) is 0 Å². The number of ether oxygens (including phenoxy) is 1. The summed E-state index contributed by atoms with van der Waals surface area (Å²) in [5.74, 6) is 0.152. The summed E-state index contributed by atoms with van der Waals surface area (Å²) in [6.45, 7) is 8.11. The molecule has 1 fully saturated rings. The molecule has 2 rings (SSSR count). The van der Waals surface area contributed by atoms with Gasteiger partial charge in [-0.25, -0.2) is 0 Å². The van der Waals surface area contributed by atoms with E-state index in [1.165, 1.54) is 0 Å². The number of hydrogen-bond acceptors (Lipinski definition) is 3. The fourth-order valence-electron chi connectivity index (χ4n) is 2.60. The van der Waals surface area contributed by atoms with Crippen LogP contribution in [0.1, 0.15) is 32.8 Å². The van der Waals surface area contributed by atoms with Gasteiger partial charge in [0.2, 0.25) is 5.91 Å². The summed E-state index contributed by atoms with van der Waals surface area (Å²) < 4.78 is 5.61. The van der Waals surface area contributed by atoms with Gasteiger partial charge in [-0.1, -0.05) is 12.1 Å². The van der Waals surface area contributed by atoms with Crippen LogP contribution >= 0.6 is 0 Å². The van der Waals surface area contributed by atoms with Crippen LogP contribution in [-0.2, 0) is 14.9 Å². The molecule has 2 N–H and O–H groups in total. The van der Waals surface area contributed by atoms with Gasteiger partial charge in [0.15, 0.2) is 0 Å². The zero-order valence-corrected chi connectivity index (χ0v) is 12.6. The number of hydrogen-bond donors (Lipinski definition) is 1. The van der Waals surface area contributed by atoms with Gasteiger partial charge < -0.3 is 15.4 Å². The van der Waals surface area contributed by atoms with Crippen LogP contribution in [-0.4, -0.2) is 36.6 Å². The molecule has 110 valence electrons. The Morgan fingerprint density at radius 1 is 1.35 bits per heavy atom. The molecule has 1 heterocycles. The Bertz CT molecular complexity index is 468. The molecule has 0 saturated carbocycles. The van der Waals surface area contributed by atoms with Crippen LogP contribution in [0.2, 0.25) is 0 Å². The van der Waals surface area contributed by atoms with Gasteiger partial charge in [0.05, 0.1) is 11.5 Å². The summed E-state index contributed by atoms with van der Waals surface area (Å²) in [6.07, 6.45) is 0.997. The number of nitrogen functional groups attached to an aromatic ring is 1. The standard InChI is InChI=1S/C16H24N2O2/c1-12-11-18(9-4-10-20-12)15(19)16(2,3)13-5-7-14(17)8-6-13/h5-8,12H,4,9-11,17H2,1-3H3. The highest BCUT2D eigenvalue weighted by Gasteiger charge is 2.34. The van der Waals surface area contributed by atoms with Crippen molar-refractivity contribution in [1.82, 2.24) is 4.90 Å². The van der Waals surface area contributed by atoms with Crippen LogP contribution in [0.25, 0.3) is 0 Å². The van der Waals surface area contributed by atoms with E-state index in [1.807, 2.05) is 49.9 Å². The van der Waals surface area contributed by atoms with Gasteiger partial charge in [0, 0.05) is 25.4 Å². The average Bonchev–Trinajstić information content (AvgIpc) is 2.63. The van der Waals surface area contributed by atoms with Gasteiger partial charge >= 0.3 is 0 Å². The number of benzene rings is 1. The number of anilines is 1. The Hall–Kier alpha value is -1.55. The highest BCUT2D eigenvalue weighted by Crippen LogP contribution is 2.27. The number of amides is 1. The molecule has 1 aliphatic heterocycles. The van der Waals surface area contributed by atoms with Crippen LogP contribution in [0.5, 0.6) is 0 Å². The Morgan fingerprint density at radius 3 is 2.65 bits per heavy atom. The minimum atomic E-state index is -0.544. The largest absolute Gasteiger partial charge is 0.399 e. The van der Waals surface area contributed by atoms with Crippen LogP contribution in [0, 0.1) is 0 Å². The Morgan fingerprint density at radius 2 is 2.00 bits per heavy atom. The molecular weight excluding hydrogens is 252 g/mol. The molecule has 20 heavy (non-hydrogen) atoms. The lowest BCUT2D eigenvalue weighted by Gasteiger charge is -2.32. The summed E-state index contributed by atoms with van der Waals surface area (Å²) in [7, 11) is 0. The molecule has 1 amide bonds. The van der Waals surface area contributed by atoms with Crippen LogP contribution < -0.4 is 5.73 Å². The van der Waals surface area contributed by atoms with Crippen molar-refractivity contribution in [2.75, 3.05) is 25.4 Å². The van der Waals surface area contributed by atoms with E-state index in [4.69, 9.17) is 10.5 Å². The maximum absolute atomic E-state index is 12.8. The Kier molecular flexibility index (Phi) is 4.33. The second-order valence-electron chi connectivity index (χ2n) is 6.03. The van der Waals surface area contributed by atoms with Gasteiger partial charge in [-0.3, -0.25) is 4.79 Å². The third kappa shape index (κ3) is 3.12. The first-order chi connectivity index (χ1) is 9.41. The summed E-state index contributed by atoms with van der Waals surface area (Å²) in [4.78, 5) is 14.8. The number of carbonyl (C=O) groups excluding carboxylic acids is 1. The molecule has 1 unspecified atom stereocenters. The predicted molar refractivity (Wildman–Crippen MR) is 80.5 cm³/mol. The minimum absolute atomic E-state index is 0.101. The van der Waals surface area contributed by atoms with Gasteiger partial charge in [0.1, 0.15) is 0 Å². The van der Waals surface area contributed by atoms with Crippen LogP contribution in [0.15, 0.2) is 24.3 Å². The molecule has 0 spiro atoms. The zero-order chi connectivity index (χ0) is 14.8. The number of nitrogens with zero attached hydrogens (tertiary/aromatic N) is 1. The van der Waals surface area contributed by atoms with Gasteiger partial charge in [-0.15, -0.1) is 0 Å². The number of nitrogens with two attached hydrogens (primary N) is 1. The van der Waals surface area contributed by atoms with Gasteiger partial charge in [-0.05, 0) is 44.9 Å². The first kappa shape index (κ1) is 14.9. The lowest BCUT2D eigenvalue weighted by Crippen LogP contribution is -2.45. The summed E-state index contributed by atoms with van der Waals surface area (Å²) in [6, 6.07) is 7.56. The Balaban J connectivity index is 2.19. The smallest absolute Gasteiger partial charge is 0.232 e. The summed E-state index contributed by atoms with van der Waals surface area (Å²) in [5, 5.41) is 0. The second-order valence-corrected chi connectivity index (χ2v) is 6.03. The molecule has 0 radical (unpaired) electrons. The monoisotopic (exact) mass is 276 g/mol. The molecule has 0 aromatic heterocycles. The molecule has 1 aliphatic rings. The average molecular weight is 276 g/mol. The van der Waals surface area contributed by atoms with E-state index in [-0.39, 0.29) is 12.0 Å². The first-order valence-corrected chi connectivity index (χ1v) is 7.18. The van der Waals surface area contributed by atoms with E-state index >= 15 is 0 Å². The predicted octanol–water partition coefficient (Wildman–Crippen LogP) is 2.18. The van der Waals surface area contributed by atoms with Crippen molar-refractivity contribution in [2.45, 2.75) is 38.7 Å². The van der Waals surface area contributed by atoms with E-state index in [0.29, 0.717) is 12.2 Å². The maximum atomic E-state index is 12.8. The van der Waals surface area contributed by atoms with Crippen molar-refractivity contribution in [3.63, 3.8) is 0 Å². The SMILES string of the molecule is CC1CN(C(=O)C(C)(C)c2ccc(N)cc2)CCCO1. The van der Waals surface area contributed by atoms with Crippen LogP contribution in [0.3, 0.4) is 0 Å². The third-order valence-corrected chi connectivity index (χ3v) is 3.91. The molecule has 1 saturated heterocycles. The minimum Gasteiger partial charge on any atom is -0.399 e. The quantitative estimate of drug-likeness (QED) is 0.842. The zero-order valence-electron chi connectivity index (χ0n) is 12.6. The van der Waals surface area contributed by atoms with Gasteiger partial charge in [0.25, 0.3) is 0 Å². The van der Waals surface area contributed by atoms with Crippen molar-refractivity contribution < 1.29 is 9.53 Å². The number of carbonyl (C=O) groups is 1. The van der Waals surface area contributed by atoms with Gasteiger partial charge in [-0.2, -0.15) is 0 Å². The van der Waals surface area contributed by atoms with Crippen LogP contribution in [0.4, 0.5) is 5.69 Å². The number of rotatable bonds is 2. The van der Waals surface area contributed by atoms with Crippen molar-refractivity contribution in [3.05, 3.63) is 29.8 Å². The second kappa shape index (κ2) is 5.83. The normalized spacial score (nSPS) is 20.6. The van der Waals surface area contributed by atoms with E-state index in [0.717, 1.165) is 25.1 Å². The first-order valence-electron chi connectivity index (χ1n) is 7.18. The molecule has 4 nitrogen and oxygen atoms in total. The fourth-order valence-corrected chi connectivity index (χ4v) is 2.60. The third-order valence-electron chi connectivity index (χ3n) is 3.91. The molecule has 1 aromatic rings. The van der Waals surface area contributed by atoms with E-state index in [9.17, 15) is 4.79 Å². The van der Waals surface area contributed by atoms with Crippen molar-refractivity contribution >= 4 is 11.6 Å². The summed E-state index contributed by atoms with van der Waals surface area (Å²) >= 11 is 0. The molecule has 1 aromatic carbocycles. The maximum Gasteiger partial charge on any atom is 0.232 e. The van der Waals surface area contributed by atoms with E-state index in [2.05, 4.69) is 0 Å². The summed E-state index contributed by atoms with van der Waals surface area (Å²) in [5.41, 5.74) is 6.88. The van der Waals surface area contributed by atoms with Crippen molar-refractivity contribution in [2.24, 2.45) is 0 Å². The fraction of sp³-hybridized carbons (Fsp3) is 0.562. The van der Waals surface area contributed by atoms with E-state index in [1.54, 1.807) is 0 Å². The molecule has 1 atom stereocenters. The lowest BCUT2D eigenvalue weighted by molar-refractivity contribution is -0.137. The van der Waals surface area contributed by atoms with E-state index < -0.39 is 5.41 Å². The van der Waals surface area contributed by atoms with Crippen molar-refractivity contribution in [1.29, 1.82) is 0 Å². The lowest BCUT2D eigenvalue weighted by atomic mass is 9.83. The highest BCUT2D eigenvalue weighted by molar-refractivity contribution is 5.87. The molecular formula is C16H24N2O2. The topological polar surface area (TPSA) is 55.6 Å². The highest BCUT2D eigenvalue weighted by atomic mass is 16.5. The molecule has 0 aliphatic carbocycles. The molecule has 4 heteroatoms.